The predicted molar refractivity (Wildman–Crippen MR) is 58.9 cm³/mol. The summed E-state index contributed by atoms with van der Waals surface area (Å²) in [6, 6.07) is 0.337. The van der Waals surface area contributed by atoms with E-state index in [2.05, 4.69) is 15.0 Å². The summed E-state index contributed by atoms with van der Waals surface area (Å²) in [6.45, 7) is 2.17. The van der Waals surface area contributed by atoms with Crippen molar-refractivity contribution in [3.8, 4) is 0 Å². The Kier molecular flexibility index (Phi) is 2.26. The fourth-order valence-electron chi connectivity index (χ4n) is 3.17. The van der Waals surface area contributed by atoms with Gasteiger partial charge in [0.2, 0.25) is 0 Å². The van der Waals surface area contributed by atoms with Crippen LogP contribution in [0.5, 0.6) is 0 Å². The number of aryl methyl sites for hydroxylation is 1. The fourth-order valence-corrected chi connectivity index (χ4v) is 3.17. The van der Waals surface area contributed by atoms with Gasteiger partial charge in [-0.25, -0.2) is 4.98 Å². The maximum atomic E-state index is 10.7. The quantitative estimate of drug-likeness (QED) is 0.762. The van der Waals surface area contributed by atoms with Crippen molar-refractivity contribution < 1.29 is 5.11 Å². The second kappa shape index (κ2) is 3.53. The molecule has 0 radical (unpaired) electrons. The van der Waals surface area contributed by atoms with Gasteiger partial charge in [-0.2, -0.15) is 5.10 Å². The molecule has 0 aliphatic carbocycles. The van der Waals surface area contributed by atoms with Crippen LogP contribution in [-0.4, -0.2) is 49.5 Å². The summed E-state index contributed by atoms with van der Waals surface area (Å²) in [5.41, 5.74) is -0.586. The Balaban J connectivity index is 1.81. The van der Waals surface area contributed by atoms with Gasteiger partial charge in [-0.3, -0.25) is 9.58 Å². The van der Waals surface area contributed by atoms with Gasteiger partial charge in [0, 0.05) is 26.1 Å². The zero-order valence-corrected chi connectivity index (χ0v) is 9.63. The fraction of sp³-hybridized carbons (Fsp3) is 0.818. The molecule has 1 aromatic heterocycles. The lowest BCUT2D eigenvalue weighted by molar-refractivity contribution is 0.0116. The van der Waals surface area contributed by atoms with Crippen molar-refractivity contribution in [3.63, 3.8) is 0 Å². The summed E-state index contributed by atoms with van der Waals surface area (Å²) in [6.07, 6.45) is 5.38. The summed E-state index contributed by atoms with van der Waals surface area (Å²) in [5, 5.41) is 14.8. The summed E-state index contributed by atoms with van der Waals surface area (Å²) in [7, 11) is 1.88. The highest BCUT2D eigenvalue weighted by atomic mass is 16.3. The molecule has 5 heteroatoms. The highest BCUT2D eigenvalue weighted by Gasteiger charge is 2.48. The van der Waals surface area contributed by atoms with Crippen molar-refractivity contribution in [2.45, 2.75) is 37.3 Å². The van der Waals surface area contributed by atoms with E-state index in [1.54, 1.807) is 11.0 Å². The van der Waals surface area contributed by atoms with Crippen molar-refractivity contribution in [1.29, 1.82) is 0 Å². The van der Waals surface area contributed by atoms with E-state index >= 15 is 0 Å². The van der Waals surface area contributed by atoms with E-state index in [0.29, 0.717) is 12.5 Å². The average molecular weight is 222 g/mol. The molecule has 2 fully saturated rings. The molecule has 2 aliphatic rings. The van der Waals surface area contributed by atoms with Crippen LogP contribution < -0.4 is 0 Å². The molecule has 2 saturated heterocycles. The average Bonchev–Trinajstić information content (AvgIpc) is 2.90. The van der Waals surface area contributed by atoms with Crippen LogP contribution in [0.2, 0.25) is 0 Å². The standard InChI is InChI=1S/C11H18N4O/c1-14-10(12-8-13-14)7-11(16)4-6-15-5-2-3-9(11)15/h8-9,16H,2-7H2,1H3. The Labute approximate surface area is 95.1 Å². The minimum Gasteiger partial charge on any atom is -0.388 e. The predicted octanol–water partition coefficient (Wildman–Crippen LogP) is -0.0432. The van der Waals surface area contributed by atoms with Gasteiger partial charge in [-0.15, -0.1) is 0 Å². The van der Waals surface area contributed by atoms with Crippen LogP contribution in [-0.2, 0) is 13.5 Å². The first kappa shape index (κ1) is 10.2. The van der Waals surface area contributed by atoms with E-state index in [0.717, 1.165) is 31.8 Å². The van der Waals surface area contributed by atoms with Crippen molar-refractivity contribution in [2.24, 2.45) is 7.05 Å². The third-order valence-corrected chi connectivity index (χ3v) is 4.09. The normalized spacial score (nSPS) is 34.5. The first-order valence-corrected chi connectivity index (χ1v) is 5.98. The van der Waals surface area contributed by atoms with Gasteiger partial charge in [0.05, 0.1) is 5.60 Å². The highest BCUT2D eigenvalue weighted by molar-refractivity contribution is 5.07. The first-order valence-electron chi connectivity index (χ1n) is 5.98. The van der Waals surface area contributed by atoms with E-state index in [1.807, 2.05) is 7.05 Å². The smallest absolute Gasteiger partial charge is 0.138 e. The Hall–Kier alpha value is -0.940. The molecule has 2 aliphatic heterocycles. The molecule has 0 amide bonds. The van der Waals surface area contributed by atoms with Crippen LogP contribution in [0.3, 0.4) is 0 Å². The van der Waals surface area contributed by atoms with Crippen LogP contribution in [0, 0.1) is 0 Å². The van der Waals surface area contributed by atoms with Crippen molar-refractivity contribution in [3.05, 3.63) is 12.2 Å². The maximum Gasteiger partial charge on any atom is 0.138 e. The van der Waals surface area contributed by atoms with Gasteiger partial charge in [0.1, 0.15) is 12.2 Å². The SMILES string of the molecule is Cn1ncnc1CC1(O)CCN2CCCC21. The van der Waals surface area contributed by atoms with E-state index < -0.39 is 5.60 Å². The van der Waals surface area contributed by atoms with Crippen LogP contribution in [0.25, 0.3) is 0 Å². The molecule has 3 rings (SSSR count). The number of aromatic nitrogens is 3. The second-order valence-electron chi connectivity index (χ2n) is 5.02. The lowest BCUT2D eigenvalue weighted by Crippen LogP contribution is -2.43. The first-order chi connectivity index (χ1) is 7.69. The largest absolute Gasteiger partial charge is 0.388 e. The molecule has 0 saturated carbocycles. The van der Waals surface area contributed by atoms with Crippen molar-refractivity contribution in [2.75, 3.05) is 13.1 Å². The van der Waals surface area contributed by atoms with Crippen molar-refractivity contribution >= 4 is 0 Å². The molecule has 1 aromatic rings. The van der Waals surface area contributed by atoms with Crippen LogP contribution in [0.15, 0.2) is 6.33 Å². The van der Waals surface area contributed by atoms with Gasteiger partial charge >= 0.3 is 0 Å². The van der Waals surface area contributed by atoms with E-state index in [-0.39, 0.29) is 0 Å². The third kappa shape index (κ3) is 1.46. The zero-order valence-electron chi connectivity index (χ0n) is 9.63. The summed E-state index contributed by atoms with van der Waals surface area (Å²) >= 11 is 0. The molecular weight excluding hydrogens is 204 g/mol. The summed E-state index contributed by atoms with van der Waals surface area (Å²) in [5.74, 6) is 0.885. The molecule has 16 heavy (non-hydrogen) atoms. The second-order valence-corrected chi connectivity index (χ2v) is 5.02. The third-order valence-electron chi connectivity index (χ3n) is 4.09. The molecular formula is C11H18N4O. The van der Waals surface area contributed by atoms with Crippen molar-refractivity contribution in [1.82, 2.24) is 19.7 Å². The Morgan fingerprint density at radius 2 is 2.44 bits per heavy atom. The Morgan fingerprint density at radius 3 is 3.19 bits per heavy atom. The van der Waals surface area contributed by atoms with Gasteiger partial charge in [0.15, 0.2) is 0 Å². The zero-order chi connectivity index (χ0) is 11.2. The molecule has 0 bridgehead atoms. The number of rotatable bonds is 2. The molecule has 1 N–H and O–H groups in total. The summed E-state index contributed by atoms with van der Waals surface area (Å²) < 4.78 is 1.76. The van der Waals surface area contributed by atoms with Gasteiger partial charge in [0.25, 0.3) is 0 Å². The number of aliphatic hydroxyl groups is 1. The monoisotopic (exact) mass is 222 g/mol. The molecule has 0 spiro atoms. The minimum atomic E-state index is -0.586. The topological polar surface area (TPSA) is 54.2 Å². The number of hydrogen-bond donors (Lipinski definition) is 1. The lowest BCUT2D eigenvalue weighted by Gasteiger charge is -2.29. The summed E-state index contributed by atoms with van der Waals surface area (Å²) in [4.78, 5) is 6.63. The van der Waals surface area contributed by atoms with Gasteiger partial charge in [-0.1, -0.05) is 0 Å². The Morgan fingerprint density at radius 1 is 1.56 bits per heavy atom. The maximum absolute atomic E-state index is 10.7. The molecule has 2 atom stereocenters. The number of hydrogen-bond acceptors (Lipinski definition) is 4. The van der Waals surface area contributed by atoms with Crippen LogP contribution in [0.1, 0.15) is 25.1 Å². The number of nitrogens with zero attached hydrogens (tertiary/aromatic N) is 4. The molecule has 88 valence electrons. The van der Waals surface area contributed by atoms with Gasteiger partial charge in [-0.05, 0) is 25.8 Å². The minimum absolute atomic E-state index is 0.337. The lowest BCUT2D eigenvalue weighted by atomic mass is 9.89. The van der Waals surface area contributed by atoms with Crippen LogP contribution in [0.4, 0.5) is 0 Å². The Bertz CT molecular complexity index is 391. The van der Waals surface area contributed by atoms with E-state index in [9.17, 15) is 5.11 Å². The van der Waals surface area contributed by atoms with Crippen LogP contribution >= 0.6 is 0 Å². The van der Waals surface area contributed by atoms with Gasteiger partial charge < -0.3 is 5.11 Å². The van der Waals surface area contributed by atoms with E-state index in [4.69, 9.17) is 0 Å². The molecule has 2 unspecified atom stereocenters. The number of fused-ring (bicyclic) bond motifs is 1. The molecule has 5 nitrogen and oxygen atoms in total. The van der Waals surface area contributed by atoms with E-state index in [1.165, 1.54) is 6.42 Å². The molecule has 0 aromatic carbocycles. The highest BCUT2D eigenvalue weighted by Crippen LogP contribution is 2.37. The molecule has 3 heterocycles.